The summed E-state index contributed by atoms with van der Waals surface area (Å²) in [6.45, 7) is -0.524. The van der Waals surface area contributed by atoms with Gasteiger partial charge in [0.05, 0.1) is 12.4 Å². The summed E-state index contributed by atoms with van der Waals surface area (Å²) in [6, 6.07) is -1.46. The number of hydrogen-bond acceptors (Lipinski definition) is 7. The average Bonchev–Trinajstić information content (AvgIpc) is 2.43. The number of amides is 1. The molecule has 1 aliphatic carbocycles. The summed E-state index contributed by atoms with van der Waals surface area (Å²) in [5, 5.41) is 34.3. The molecule has 1 fully saturated rings. The zero-order chi connectivity index (χ0) is 17.4. The lowest BCUT2D eigenvalue weighted by Crippen LogP contribution is -3.22. The number of nitro groups is 2. The van der Waals surface area contributed by atoms with Gasteiger partial charge in [-0.25, -0.2) is 0 Å². The van der Waals surface area contributed by atoms with E-state index in [-0.39, 0.29) is 30.8 Å². The van der Waals surface area contributed by atoms with Crippen molar-refractivity contribution >= 4 is 11.9 Å². The number of piperidine rings is 1. The Morgan fingerprint density at radius 2 is 1.91 bits per heavy atom. The molecule has 4 atom stereocenters. The van der Waals surface area contributed by atoms with Crippen LogP contribution in [0, 0.1) is 20.2 Å². The number of carbonyl (C=O) groups excluding carboxylic acids is 2. The number of likely N-dealkylation sites (tertiary alicyclic amines) is 1. The van der Waals surface area contributed by atoms with E-state index in [0.29, 0.717) is 0 Å². The second-order valence-electron chi connectivity index (χ2n) is 6.18. The molecule has 0 spiro atoms. The lowest BCUT2D eigenvalue weighted by Gasteiger charge is -2.43. The Bertz CT molecular complexity index is 606. The molecule has 23 heavy (non-hydrogen) atoms. The fourth-order valence-electron chi connectivity index (χ4n) is 3.57. The van der Waals surface area contributed by atoms with Gasteiger partial charge in [-0.3, -0.25) is 25.0 Å². The quantitative estimate of drug-likeness (QED) is 0.286. The number of nitrogens with one attached hydrogen (secondary N) is 1. The van der Waals surface area contributed by atoms with Crippen LogP contribution >= 0.6 is 0 Å². The third-order valence-corrected chi connectivity index (χ3v) is 4.58. The molecule has 0 saturated carbocycles. The summed E-state index contributed by atoms with van der Waals surface area (Å²) in [4.78, 5) is 44.2. The average molecular weight is 328 g/mol. The van der Waals surface area contributed by atoms with Crippen molar-refractivity contribution in [3.05, 3.63) is 32.4 Å². The minimum absolute atomic E-state index is 0.0323. The Kier molecular flexibility index (Phi) is 4.07. The molecule has 11 nitrogen and oxygen atoms in total. The van der Waals surface area contributed by atoms with Crippen molar-refractivity contribution in [3.8, 4) is 0 Å². The van der Waals surface area contributed by atoms with E-state index in [1.54, 1.807) is 0 Å². The second-order valence-corrected chi connectivity index (χ2v) is 6.18. The maximum atomic E-state index is 11.5. The van der Waals surface area contributed by atoms with Crippen molar-refractivity contribution in [3.63, 3.8) is 0 Å². The highest BCUT2D eigenvalue weighted by Gasteiger charge is 2.66. The number of carbonyl (C=O) groups is 2. The molecule has 0 aromatic heterocycles. The highest BCUT2D eigenvalue weighted by Crippen LogP contribution is 2.36. The lowest BCUT2D eigenvalue weighted by molar-refractivity contribution is -0.958. The largest absolute Gasteiger partial charge is 0.544 e. The van der Waals surface area contributed by atoms with Crippen LogP contribution in [-0.4, -0.2) is 51.9 Å². The molecular weight excluding hydrogens is 312 g/mol. The molecular formula is C12H16N4O7. The summed E-state index contributed by atoms with van der Waals surface area (Å²) < 4.78 is 0. The molecule has 3 N–H and O–H groups in total. The zero-order valence-electron chi connectivity index (χ0n) is 12.1. The number of hydrogen-bond donors (Lipinski definition) is 2. The maximum absolute atomic E-state index is 11.5. The van der Waals surface area contributed by atoms with Crippen LogP contribution in [0.1, 0.15) is 19.3 Å². The Morgan fingerprint density at radius 3 is 2.39 bits per heavy atom. The van der Waals surface area contributed by atoms with E-state index in [1.807, 2.05) is 0 Å². The number of carboxylic acids is 1. The van der Waals surface area contributed by atoms with Crippen LogP contribution in [0.4, 0.5) is 0 Å². The van der Waals surface area contributed by atoms with Crippen molar-refractivity contribution in [2.75, 3.05) is 13.1 Å². The van der Waals surface area contributed by atoms with Crippen LogP contribution in [0.15, 0.2) is 12.2 Å². The Labute approximate surface area is 130 Å². The van der Waals surface area contributed by atoms with Crippen molar-refractivity contribution in [2.24, 2.45) is 5.73 Å². The van der Waals surface area contributed by atoms with Crippen LogP contribution in [-0.2, 0) is 9.59 Å². The maximum Gasteiger partial charge on any atom is 0.294 e. The van der Waals surface area contributed by atoms with E-state index in [1.165, 1.54) is 12.2 Å². The first kappa shape index (κ1) is 16.8. The SMILES string of the molecule is NC(=O)C[C@@H](C(=O)[O-])[NH+]1C[C@@]2([N+](=O)[O-])C=CC[C@@]([N+](=O)[O-])(C1)C2. The van der Waals surface area contributed by atoms with Gasteiger partial charge in [0, 0.05) is 16.3 Å². The predicted octanol–water partition coefficient (Wildman–Crippen LogP) is -3.74. The van der Waals surface area contributed by atoms with E-state index >= 15 is 0 Å². The highest BCUT2D eigenvalue weighted by atomic mass is 16.6. The van der Waals surface area contributed by atoms with Gasteiger partial charge in [0.1, 0.15) is 19.0 Å². The van der Waals surface area contributed by atoms with Gasteiger partial charge in [0.2, 0.25) is 5.91 Å². The Balaban J connectivity index is 2.45. The number of primary amides is 1. The number of rotatable bonds is 6. The monoisotopic (exact) mass is 328 g/mol. The fourth-order valence-corrected chi connectivity index (χ4v) is 3.57. The topological polar surface area (TPSA) is 174 Å². The summed E-state index contributed by atoms with van der Waals surface area (Å²) >= 11 is 0. The van der Waals surface area contributed by atoms with E-state index in [2.05, 4.69) is 0 Å². The number of carboxylic acid groups (broad SMARTS) is 1. The Morgan fingerprint density at radius 1 is 1.26 bits per heavy atom. The minimum Gasteiger partial charge on any atom is -0.544 e. The Hall–Kier alpha value is -2.56. The molecule has 1 unspecified atom stereocenters. The smallest absolute Gasteiger partial charge is 0.294 e. The van der Waals surface area contributed by atoms with Crippen molar-refractivity contribution < 1.29 is 29.4 Å². The fraction of sp³-hybridized carbons (Fsp3) is 0.667. The third kappa shape index (κ3) is 2.86. The van der Waals surface area contributed by atoms with Gasteiger partial charge in [-0.05, 0) is 6.08 Å². The summed E-state index contributed by atoms with van der Waals surface area (Å²) in [5.41, 5.74) is 1.64. The van der Waals surface area contributed by atoms with Gasteiger partial charge in [0.15, 0.2) is 6.54 Å². The first-order chi connectivity index (χ1) is 10.6. The van der Waals surface area contributed by atoms with Gasteiger partial charge >= 0.3 is 0 Å². The molecule has 1 amide bonds. The minimum atomic E-state index is -1.73. The van der Waals surface area contributed by atoms with E-state index in [0.717, 1.165) is 0 Å². The van der Waals surface area contributed by atoms with Gasteiger partial charge < -0.3 is 20.5 Å². The van der Waals surface area contributed by atoms with E-state index < -0.39 is 45.3 Å². The molecule has 126 valence electrons. The molecule has 2 rings (SSSR count). The highest BCUT2D eigenvalue weighted by molar-refractivity contribution is 5.81. The van der Waals surface area contributed by atoms with Gasteiger partial charge in [-0.1, -0.05) is 6.08 Å². The van der Waals surface area contributed by atoms with Crippen molar-refractivity contribution in [1.29, 1.82) is 0 Å². The number of aliphatic carboxylic acids is 1. The first-order valence-corrected chi connectivity index (χ1v) is 6.92. The molecule has 1 heterocycles. The van der Waals surface area contributed by atoms with Crippen LogP contribution < -0.4 is 15.7 Å². The molecule has 2 bridgehead atoms. The first-order valence-electron chi connectivity index (χ1n) is 6.92. The van der Waals surface area contributed by atoms with Crippen molar-refractivity contribution in [2.45, 2.75) is 36.4 Å². The van der Waals surface area contributed by atoms with Gasteiger partial charge in [-0.2, -0.15) is 0 Å². The number of nitrogens with two attached hydrogens (primary N) is 1. The van der Waals surface area contributed by atoms with Crippen LogP contribution in [0.3, 0.4) is 0 Å². The number of fused-ring (bicyclic) bond motifs is 2. The number of nitrogens with zero attached hydrogens (tertiary/aromatic N) is 2. The lowest BCUT2D eigenvalue weighted by atomic mass is 9.71. The molecule has 0 radical (unpaired) electrons. The molecule has 1 aliphatic heterocycles. The molecule has 1 saturated heterocycles. The number of quaternary nitrogens is 1. The van der Waals surface area contributed by atoms with Gasteiger partial charge in [-0.15, -0.1) is 0 Å². The van der Waals surface area contributed by atoms with E-state index in [9.17, 15) is 34.9 Å². The molecule has 0 aromatic carbocycles. The van der Waals surface area contributed by atoms with Crippen LogP contribution in [0.5, 0.6) is 0 Å². The predicted molar refractivity (Wildman–Crippen MR) is 71.1 cm³/mol. The second kappa shape index (κ2) is 5.57. The summed E-state index contributed by atoms with van der Waals surface area (Å²) in [6.07, 6.45) is 1.74. The van der Waals surface area contributed by atoms with Crippen LogP contribution in [0.25, 0.3) is 0 Å². The summed E-state index contributed by atoms with van der Waals surface area (Å²) in [7, 11) is 0. The zero-order valence-corrected chi connectivity index (χ0v) is 12.1. The summed E-state index contributed by atoms with van der Waals surface area (Å²) in [5.74, 6) is -2.52. The third-order valence-electron chi connectivity index (χ3n) is 4.58. The normalized spacial score (nSPS) is 33.7. The van der Waals surface area contributed by atoms with Gasteiger partial charge in [0.25, 0.3) is 11.1 Å². The van der Waals surface area contributed by atoms with E-state index in [4.69, 9.17) is 5.73 Å². The standard InChI is InChI=1S/C12H16N4O7/c13-9(17)4-8(10(18)19)14-6-11(15(20)21)2-1-3-12(5-11,7-14)16(22)23/h1-2,8H,3-7H2,(H2,13,17)(H,18,19)/t8-,11+,12-/m0/s1. The molecule has 2 aliphatic rings. The van der Waals surface area contributed by atoms with Crippen molar-refractivity contribution in [1.82, 2.24) is 0 Å². The molecule has 0 aromatic rings. The molecule has 11 heteroatoms. The van der Waals surface area contributed by atoms with Crippen LogP contribution in [0.2, 0.25) is 0 Å².